The van der Waals surface area contributed by atoms with Crippen LogP contribution in [-0.2, 0) is 5.66 Å². The molecule has 8 heteroatoms. The highest BCUT2D eigenvalue weighted by Gasteiger charge is 2.37. The van der Waals surface area contributed by atoms with Crippen LogP contribution in [0.1, 0.15) is 50.7 Å². The molecule has 140 valence electrons. The van der Waals surface area contributed by atoms with E-state index in [1.165, 1.54) is 10.9 Å². The molecule has 0 saturated heterocycles. The van der Waals surface area contributed by atoms with Crippen LogP contribution in [0.4, 0.5) is 17.3 Å². The van der Waals surface area contributed by atoms with Crippen molar-refractivity contribution in [1.82, 2.24) is 19.9 Å². The molecule has 0 spiro atoms. The smallest absolute Gasteiger partial charge is 0.276 e. The van der Waals surface area contributed by atoms with Crippen molar-refractivity contribution in [2.45, 2.75) is 47.2 Å². The second-order valence-electron chi connectivity index (χ2n) is 6.19. The Bertz CT molecular complexity index is 872. The molecule has 3 N–H and O–H groups in total. The van der Waals surface area contributed by atoms with Gasteiger partial charge in [0, 0.05) is 12.6 Å². The number of hydrogen-bond donors (Lipinski definition) is 3. The molecule has 0 radical (unpaired) electrons. The number of carbonyl (C=O) groups is 1. The molecule has 3 rings (SSSR count). The maximum atomic E-state index is 12.8. The molecule has 26 heavy (non-hydrogen) atoms. The molecule has 0 bridgehead atoms. The van der Waals surface area contributed by atoms with Crippen LogP contribution in [0, 0.1) is 6.92 Å². The summed E-state index contributed by atoms with van der Waals surface area (Å²) in [6, 6.07) is 3.40. The summed E-state index contributed by atoms with van der Waals surface area (Å²) in [4.78, 5) is 33.2. The molecule has 0 saturated carbocycles. The van der Waals surface area contributed by atoms with Gasteiger partial charge in [0.1, 0.15) is 35.0 Å². The number of aryl methyl sites for hydroxylation is 1. The molecule has 2 aromatic rings. The van der Waals surface area contributed by atoms with Gasteiger partial charge in [-0.25, -0.2) is 9.97 Å². The van der Waals surface area contributed by atoms with Crippen LogP contribution in [0.5, 0.6) is 0 Å². The third-order valence-corrected chi connectivity index (χ3v) is 3.87. The van der Waals surface area contributed by atoms with Gasteiger partial charge in [0.05, 0.1) is 0 Å². The number of carbonyl (C=O) groups excluding carboxylic acids is 1. The van der Waals surface area contributed by atoms with Gasteiger partial charge in [-0.15, -0.1) is 0 Å². The van der Waals surface area contributed by atoms with Crippen molar-refractivity contribution < 1.29 is 4.79 Å². The Morgan fingerprint density at radius 1 is 1.15 bits per heavy atom. The van der Waals surface area contributed by atoms with Gasteiger partial charge in [-0.2, -0.15) is 0 Å². The molecule has 1 aliphatic heterocycles. The third kappa shape index (κ3) is 3.54. The van der Waals surface area contributed by atoms with E-state index in [9.17, 15) is 9.59 Å². The number of amides is 1. The van der Waals surface area contributed by atoms with Gasteiger partial charge in [0.15, 0.2) is 0 Å². The Morgan fingerprint density at radius 3 is 2.46 bits per heavy atom. The van der Waals surface area contributed by atoms with Gasteiger partial charge >= 0.3 is 0 Å². The van der Waals surface area contributed by atoms with E-state index < -0.39 is 5.66 Å². The van der Waals surface area contributed by atoms with Gasteiger partial charge < -0.3 is 16.0 Å². The number of nitrogens with one attached hydrogen (secondary N) is 3. The predicted molar refractivity (Wildman–Crippen MR) is 103 cm³/mol. The van der Waals surface area contributed by atoms with Crippen molar-refractivity contribution in [1.29, 1.82) is 0 Å². The minimum atomic E-state index is -0.771. The molecule has 3 heterocycles. The zero-order valence-electron chi connectivity index (χ0n) is 16.1. The molecule has 2 aromatic heterocycles. The number of pyridine rings is 1. The topological polar surface area (TPSA) is 101 Å². The van der Waals surface area contributed by atoms with Gasteiger partial charge in [-0.05, 0) is 39.3 Å². The summed E-state index contributed by atoms with van der Waals surface area (Å²) < 4.78 is 1.49. The minimum Gasteiger partial charge on any atom is -0.370 e. The zero-order chi connectivity index (χ0) is 19.5. The summed E-state index contributed by atoms with van der Waals surface area (Å²) in [7, 11) is 0. The highest BCUT2D eigenvalue weighted by molar-refractivity contribution is 5.96. The highest BCUT2D eigenvalue weighted by atomic mass is 16.2. The Morgan fingerprint density at radius 2 is 1.81 bits per heavy atom. The normalized spacial score (nSPS) is 14.0. The standard InChI is InChI=1S/C16H20N6O2.C2H6/c1-5-17-11-7-12(19-8-18-11)20-10-6-9(2)13-14(23)21-16(3,4)22(13)15(10)24;1-2/h6-8H,5H2,1-4H3,(H,21,23)(H2,17,18,19,20);1-2H3. The SMILES string of the molecule is CC.CCNc1cc(Nc2cc(C)c3n(c2=O)C(C)(C)NC3=O)ncn1. The van der Waals surface area contributed by atoms with E-state index in [4.69, 9.17) is 0 Å². The lowest BCUT2D eigenvalue weighted by molar-refractivity contribution is 0.0934. The van der Waals surface area contributed by atoms with Gasteiger partial charge in [-0.3, -0.25) is 14.2 Å². The maximum Gasteiger partial charge on any atom is 0.276 e. The average molecular weight is 358 g/mol. The quantitative estimate of drug-likeness (QED) is 0.777. The van der Waals surface area contributed by atoms with E-state index in [-0.39, 0.29) is 11.5 Å². The molecule has 0 fully saturated rings. The van der Waals surface area contributed by atoms with Crippen LogP contribution in [0.15, 0.2) is 23.3 Å². The van der Waals surface area contributed by atoms with Gasteiger partial charge in [0.25, 0.3) is 11.5 Å². The molecule has 0 aromatic carbocycles. The van der Waals surface area contributed by atoms with Crippen molar-refractivity contribution >= 4 is 23.2 Å². The largest absolute Gasteiger partial charge is 0.370 e. The first-order chi connectivity index (χ1) is 12.3. The fraction of sp³-hybridized carbons (Fsp3) is 0.444. The lowest BCUT2D eigenvalue weighted by Gasteiger charge is -2.22. The maximum absolute atomic E-state index is 12.8. The minimum absolute atomic E-state index is 0.238. The Labute approximate surface area is 153 Å². The first kappa shape index (κ1) is 19.4. The third-order valence-electron chi connectivity index (χ3n) is 3.87. The van der Waals surface area contributed by atoms with Crippen LogP contribution < -0.4 is 21.5 Å². The van der Waals surface area contributed by atoms with E-state index in [1.54, 1.807) is 26.0 Å². The Kier molecular flexibility index (Phi) is 5.64. The van der Waals surface area contributed by atoms with Crippen molar-refractivity contribution in [3.63, 3.8) is 0 Å². The number of anilines is 3. The predicted octanol–water partition coefficient (Wildman–Crippen LogP) is 2.58. The van der Waals surface area contributed by atoms with Gasteiger partial charge in [0.2, 0.25) is 0 Å². The molecular formula is C18H26N6O2. The molecule has 1 amide bonds. The number of nitrogens with zero attached hydrogens (tertiary/aromatic N) is 3. The fourth-order valence-electron chi connectivity index (χ4n) is 2.88. The Balaban J connectivity index is 0.00000117. The van der Waals surface area contributed by atoms with Gasteiger partial charge in [-0.1, -0.05) is 13.8 Å². The summed E-state index contributed by atoms with van der Waals surface area (Å²) >= 11 is 0. The Hall–Kier alpha value is -2.90. The molecule has 8 nitrogen and oxygen atoms in total. The second kappa shape index (κ2) is 7.55. The molecule has 1 aliphatic rings. The van der Waals surface area contributed by atoms with Crippen molar-refractivity contribution in [3.05, 3.63) is 40.1 Å². The summed E-state index contributed by atoms with van der Waals surface area (Å²) in [5, 5.41) is 8.94. The van der Waals surface area contributed by atoms with E-state index in [0.717, 1.165) is 12.1 Å². The summed E-state index contributed by atoms with van der Waals surface area (Å²) in [5.41, 5.74) is 0.435. The number of fused-ring (bicyclic) bond motifs is 1. The summed E-state index contributed by atoms with van der Waals surface area (Å²) in [6.07, 6.45) is 1.42. The van der Waals surface area contributed by atoms with Crippen LogP contribution in [0.25, 0.3) is 0 Å². The molecule has 0 unspecified atom stereocenters. The van der Waals surface area contributed by atoms with E-state index in [0.29, 0.717) is 23.0 Å². The highest BCUT2D eigenvalue weighted by Crippen LogP contribution is 2.25. The first-order valence-corrected chi connectivity index (χ1v) is 8.76. The van der Waals surface area contributed by atoms with Crippen LogP contribution in [-0.4, -0.2) is 27.0 Å². The van der Waals surface area contributed by atoms with Crippen LogP contribution in [0.3, 0.4) is 0 Å². The van der Waals surface area contributed by atoms with E-state index in [1.807, 2.05) is 27.7 Å². The van der Waals surface area contributed by atoms with Crippen molar-refractivity contribution in [2.75, 3.05) is 17.2 Å². The second-order valence-corrected chi connectivity index (χ2v) is 6.19. The summed E-state index contributed by atoms with van der Waals surface area (Å²) in [5.74, 6) is 0.941. The first-order valence-electron chi connectivity index (χ1n) is 8.76. The van der Waals surface area contributed by atoms with E-state index in [2.05, 4.69) is 25.9 Å². The fourth-order valence-corrected chi connectivity index (χ4v) is 2.88. The number of rotatable bonds is 4. The van der Waals surface area contributed by atoms with Crippen molar-refractivity contribution in [2.24, 2.45) is 0 Å². The zero-order valence-corrected chi connectivity index (χ0v) is 16.1. The lowest BCUT2D eigenvalue weighted by Crippen LogP contribution is -2.42. The monoisotopic (exact) mass is 358 g/mol. The average Bonchev–Trinajstić information content (AvgIpc) is 2.84. The molecular weight excluding hydrogens is 332 g/mol. The molecule has 0 atom stereocenters. The van der Waals surface area contributed by atoms with Crippen LogP contribution >= 0.6 is 0 Å². The number of hydrogen-bond acceptors (Lipinski definition) is 6. The summed E-state index contributed by atoms with van der Waals surface area (Å²) in [6.45, 7) is 12.1. The van der Waals surface area contributed by atoms with Crippen LogP contribution in [0.2, 0.25) is 0 Å². The van der Waals surface area contributed by atoms with E-state index >= 15 is 0 Å². The molecule has 0 aliphatic carbocycles. The lowest BCUT2D eigenvalue weighted by atomic mass is 10.1. The van der Waals surface area contributed by atoms with Crippen molar-refractivity contribution in [3.8, 4) is 0 Å². The number of aromatic nitrogens is 3.